The molecule has 0 heterocycles. The zero-order valence-corrected chi connectivity index (χ0v) is 4.68. The summed E-state index contributed by atoms with van der Waals surface area (Å²) in [6, 6.07) is 0. The van der Waals surface area contributed by atoms with E-state index in [0.29, 0.717) is 0 Å². The lowest BCUT2D eigenvalue weighted by atomic mass is 10.4. The van der Waals surface area contributed by atoms with Gasteiger partial charge in [0, 0.05) is 5.57 Å². The average Bonchev–Trinajstić information content (AvgIpc) is 1.72. The number of rotatable bonds is 1. The molecule has 0 fully saturated rings. The second-order valence-corrected chi connectivity index (χ2v) is 1.09. The highest BCUT2D eigenvalue weighted by molar-refractivity contribution is 5.84. The number of carbonyl (C=O) groups is 1. The SMILES string of the molecule is C=C(C)C(=O)O.[NH3+][O-]. The van der Waals surface area contributed by atoms with Crippen LogP contribution in [0.2, 0.25) is 0 Å². The van der Waals surface area contributed by atoms with Crippen molar-refractivity contribution in [2.45, 2.75) is 6.92 Å². The number of aliphatic carboxylic acids is 1. The third-order valence-corrected chi connectivity index (χ3v) is 0.365. The maximum Gasteiger partial charge on any atom is 0.330 e. The first-order valence-electron chi connectivity index (χ1n) is 1.82. The number of hydrogen-bond donors (Lipinski definition) is 2. The summed E-state index contributed by atoms with van der Waals surface area (Å²) < 4.78 is 0. The number of quaternary nitrogens is 1. The Morgan fingerprint density at radius 2 is 1.88 bits per heavy atom. The minimum atomic E-state index is -0.935. The Kier molecular flexibility index (Phi) is 7.80. The molecule has 0 atom stereocenters. The van der Waals surface area contributed by atoms with E-state index in [0.717, 1.165) is 0 Å². The maximum absolute atomic E-state index is 9.60. The molecule has 0 radical (unpaired) electrons. The van der Waals surface area contributed by atoms with Gasteiger partial charge in [-0.3, -0.25) is 0 Å². The van der Waals surface area contributed by atoms with Crippen LogP contribution in [-0.4, -0.2) is 11.1 Å². The molecule has 4 heteroatoms. The van der Waals surface area contributed by atoms with E-state index in [2.05, 4.69) is 6.58 Å². The molecule has 0 aromatic rings. The predicted octanol–water partition coefficient (Wildman–Crippen LogP) is -0.627. The lowest BCUT2D eigenvalue weighted by molar-refractivity contribution is -0.275. The number of carboxylic acids is 1. The lowest BCUT2D eigenvalue weighted by Crippen LogP contribution is -2.37. The van der Waals surface area contributed by atoms with Gasteiger partial charge in [0.2, 0.25) is 0 Å². The van der Waals surface area contributed by atoms with Gasteiger partial charge >= 0.3 is 5.97 Å². The van der Waals surface area contributed by atoms with Crippen molar-refractivity contribution in [3.63, 3.8) is 0 Å². The van der Waals surface area contributed by atoms with Gasteiger partial charge in [-0.15, -0.1) is 0 Å². The van der Waals surface area contributed by atoms with Crippen LogP contribution in [0.15, 0.2) is 12.2 Å². The van der Waals surface area contributed by atoms with Crippen molar-refractivity contribution in [2.24, 2.45) is 0 Å². The second-order valence-electron chi connectivity index (χ2n) is 1.09. The van der Waals surface area contributed by atoms with Crippen molar-refractivity contribution in [1.29, 1.82) is 0 Å². The first-order chi connectivity index (χ1) is 3.64. The Hall–Kier alpha value is -0.870. The van der Waals surface area contributed by atoms with Gasteiger partial charge in [-0.05, 0) is 6.92 Å². The van der Waals surface area contributed by atoms with Gasteiger partial charge in [0.15, 0.2) is 0 Å². The van der Waals surface area contributed by atoms with Crippen LogP contribution < -0.4 is 5.90 Å². The lowest BCUT2D eigenvalue weighted by Gasteiger charge is -1.79. The zero-order chi connectivity index (χ0) is 7.15. The minimum absolute atomic E-state index is 0.176. The van der Waals surface area contributed by atoms with Crippen LogP contribution in [-0.2, 0) is 4.79 Å². The fourth-order valence-electron chi connectivity index (χ4n) is 0. The van der Waals surface area contributed by atoms with Crippen LogP contribution >= 0.6 is 0 Å². The molecule has 48 valence electrons. The van der Waals surface area contributed by atoms with Gasteiger partial charge in [-0.1, -0.05) is 6.58 Å². The Bertz CT molecular complexity index is 77.3. The molecular weight excluding hydrogens is 110 g/mol. The zero-order valence-electron chi connectivity index (χ0n) is 4.68. The molecule has 0 aromatic heterocycles. The third-order valence-electron chi connectivity index (χ3n) is 0.365. The largest absolute Gasteiger partial charge is 0.637 e. The van der Waals surface area contributed by atoms with E-state index in [1.165, 1.54) is 6.92 Å². The van der Waals surface area contributed by atoms with Gasteiger partial charge in [0.25, 0.3) is 0 Å². The van der Waals surface area contributed by atoms with Crippen molar-refractivity contribution in [1.82, 2.24) is 0 Å². The summed E-state index contributed by atoms with van der Waals surface area (Å²) in [6.45, 7) is 4.60. The molecule has 0 aliphatic rings. The quantitative estimate of drug-likeness (QED) is 0.356. The van der Waals surface area contributed by atoms with Crippen LogP contribution in [0.4, 0.5) is 0 Å². The second kappa shape index (κ2) is 6.13. The van der Waals surface area contributed by atoms with Crippen LogP contribution in [0, 0.1) is 5.21 Å². The summed E-state index contributed by atoms with van der Waals surface area (Å²) in [5.74, 6) is 1.06. The first kappa shape index (κ1) is 10.2. The molecule has 0 saturated heterocycles. The molecule has 0 unspecified atom stereocenters. The third kappa shape index (κ3) is 8.93. The van der Waals surface area contributed by atoms with Gasteiger partial charge in [0.05, 0.1) is 0 Å². The highest BCUT2D eigenvalue weighted by atomic mass is 16.4. The molecule has 8 heavy (non-hydrogen) atoms. The summed E-state index contributed by atoms with van der Waals surface area (Å²) in [5, 5.41) is 15.9. The van der Waals surface area contributed by atoms with Gasteiger partial charge in [0.1, 0.15) is 0 Å². The van der Waals surface area contributed by atoms with E-state index in [9.17, 15) is 4.79 Å². The van der Waals surface area contributed by atoms with Gasteiger partial charge in [-0.2, -0.15) is 0 Å². The standard InChI is InChI=1S/C4H6O2.H3NO/c1-3(2)4(5)6;1-2/h1H2,2H3,(H,5,6);1H3. The fraction of sp³-hybridized carbons (Fsp3) is 0.250. The van der Waals surface area contributed by atoms with Crippen LogP contribution in [0.3, 0.4) is 0 Å². The average molecular weight is 119 g/mol. The Morgan fingerprint density at radius 3 is 1.88 bits per heavy atom. The van der Waals surface area contributed by atoms with Crippen molar-refractivity contribution in [2.75, 3.05) is 0 Å². The normalized spacial score (nSPS) is 6.38. The molecular formula is C4H9NO3. The van der Waals surface area contributed by atoms with Crippen molar-refractivity contribution < 1.29 is 15.8 Å². The molecule has 0 rings (SSSR count). The number of carboxylic acid groups (broad SMARTS) is 1. The van der Waals surface area contributed by atoms with Crippen LogP contribution in [0.5, 0.6) is 0 Å². The summed E-state index contributed by atoms with van der Waals surface area (Å²) in [4.78, 5) is 9.60. The van der Waals surface area contributed by atoms with E-state index < -0.39 is 5.97 Å². The summed E-state index contributed by atoms with van der Waals surface area (Å²) in [6.07, 6.45) is 0. The molecule has 0 spiro atoms. The fourth-order valence-corrected chi connectivity index (χ4v) is 0. The molecule has 0 bridgehead atoms. The highest BCUT2D eigenvalue weighted by Crippen LogP contribution is 1.81. The van der Waals surface area contributed by atoms with Crippen molar-refractivity contribution in [3.8, 4) is 0 Å². The molecule has 4 nitrogen and oxygen atoms in total. The van der Waals surface area contributed by atoms with E-state index >= 15 is 0 Å². The molecule has 0 aromatic carbocycles. The Balaban J connectivity index is 0. The molecule has 0 aliphatic heterocycles. The van der Waals surface area contributed by atoms with Gasteiger partial charge < -0.3 is 16.2 Å². The smallest absolute Gasteiger partial charge is 0.330 e. The van der Waals surface area contributed by atoms with Crippen molar-refractivity contribution >= 4 is 5.97 Å². The van der Waals surface area contributed by atoms with Crippen LogP contribution in [0.1, 0.15) is 6.92 Å². The summed E-state index contributed by atoms with van der Waals surface area (Å²) >= 11 is 0. The molecule has 4 N–H and O–H groups in total. The molecule has 0 aliphatic carbocycles. The number of hydrogen-bond acceptors (Lipinski definition) is 2. The summed E-state index contributed by atoms with van der Waals surface area (Å²) in [7, 11) is 0. The van der Waals surface area contributed by atoms with E-state index in [1.54, 1.807) is 0 Å². The van der Waals surface area contributed by atoms with E-state index in [-0.39, 0.29) is 5.57 Å². The maximum atomic E-state index is 9.60. The van der Waals surface area contributed by atoms with E-state index in [1.807, 2.05) is 5.90 Å². The summed E-state index contributed by atoms with van der Waals surface area (Å²) in [5.41, 5.74) is 0.176. The Morgan fingerprint density at radius 1 is 1.75 bits per heavy atom. The van der Waals surface area contributed by atoms with E-state index in [4.69, 9.17) is 10.3 Å². The molecule has 0 saturated carbocycles. The molecule has 0 amide bonds. The topological polar surface area (TPSA) is 88.0 Å². The predicted molar refractivity (Wildman–Crippen MR) is 28.7 cm³/mol. The Labute approximate surface area is 47.2 Å². The first-order valence-corrected chi connectivity index (χ1v) is 1.82. The van der Waals surface area contributed by atoms with Crippen LogP contribution in [0.25, 0.3) is 0 Å². The monoisotopic (exact) mass is 119 g/mol. The van der Waals surface area contributed by atoms with Gasteiger partial charge in [-0.25, -0.2) is 4.79 Å². The van der Waals surface area contributed by atoms with Crippen molar-refractivity contribution in [3.05, 3.63) is 17.4 Å². The minimum Gasteiger partial charge on any atom is -0.637 e. The highest BCUT2D eigenvalue weighted by Gasteiger charge is 1.90.